The number of ether oxygens (including phenoxy) is 1. The molecule has 0 aliphatic carbocycles. The van der Waals surface area contributed by atoms with E-state index in [0.717, 1.165) is 0 Å². The van der Waals surface area contributed by atoms with Crippen LogP contribution in [-0.4, -0.2) is 66.7 Å². The van der Waals surface area contributed by atoms with Crippen molar-refractivity contribution in [3.05, 3.63) is 0 Å². The Morgan fingerprint density at radius 3 is 2.47 bits per heavy atom. The lowest BCUT2D eigenvalue weighted by atomic mass is 10.2. The van der Waals surface area contributed by atoms with Crippen LogP contribution in [0.2, 0.25) is 0 Å². The number of esters is 1. The van der Waals surface area contributed by atoms with Crippen molar-refractivity contribution in [1.29, 1.82) is 0 Å². The van der Waals surface area contributed by atoms with Crippen molar-refractivity contribution >= 4 is 23.6 Å². The third-order valence-corrected chi connectivity index (χ3v) is 2.80. The fraction of sp³-hybridized carbons (Fsp3) is 0.667. The number of hydrogen-bond donors (Lipinski definition) is 0. The number of hydrogen-bond acceptors (Lipinski definition) is 5. The van der Waals surface area contributed by atoms with E-state index < -0.39 is 17.8 Å². The summed E-state index contributed by atoms with van der Waals surface area (Å²) in [5.41, 5.74) is 0. The van der Waals surface area contributed by atoms with Crippen LogP contribution in [0.1, 0.15) is 19.8 Å². The zero-order valence-electron chi connectivity index (χ0n) is 11.2. The lowest BCUT2D eigenvalue weighted by molar-refractivity contribution is -0.155. The summed E-state index contributed by atoms with van der Waals surface area (Å²) in [7, 11) is 1.54. The van der Waals surface area contributed by atoms with Crippen LogP contribution in [-0.2, 0) is 23.9 Å². The number of piperazine rings is 1. The first kappa shape index (κ1) is 15.1. The van der Waals surface area contributed by atoms with Gasteiger partial charge in [-0.1, -0.05) is 0 Å². The molecule has 0 aromatic heterocycles. The predicted molar refractivity (Wildman–Crippen MR) is 65.1 cm³/mol. The molecule has 2 amide bonds. The first-order valence-corrected chi connectivity index (χ1v) is 6.17. The number of likely N-dealkylation sites (N-methyl/N-ethyl adjacent to an activating group) is 1. The van der Waals surface area contributed by atoms with Crippen LogP contribution >= 0.6 is 0 Å². The minimum Gasteiger partial charge on any atom is -0.466 e. The molecule has 0 spiro atoms. The quantitative estimate of drug-likeness (QED) is 0.466. The standard InChI is InChI=1S/C12H18N2O5/c1-3-19-10(16)5-4-9(15)8-14-7-6-13(2)11(17)12(14)18/h3-8H2,1-2H3. The number of carbonyl (C=O) groups is 4. The Hall–Kier alpha value is -1.92. The second kappa shape index (κ2) is 6.86. The summed E-state index contributed by atoms with van der Waals surface area (Å²) in [6, 6.07) is 0. The second-order valence-electron chi connectivity index (χ2n) is 4.30. The number of nitrogens with zero attached hydrogens (tertiary/aromatic N) is 2. The molecule has 1 fully saturated rings. The van der Waals surface area contributed by atoms with E-state index in [0.29, 0.717) is 13.1 Å². The molecule has 1 rings (SSSR count). The van der Waals surface area contributed by atoms with Crippen molar-refractivity contribution in [1.82, 2.24) is 9.80 Å². The largest absolute Gasteiger partial charge is 0.466 e. The molecule has 7 heteroatoms. The summed E-state index contributed by atoms with van der Waals surface area (Å²) >= 11 is 0. The van der Waals surface area contributed by atoms with Crippen LogP contribution < -0.4 is 0 Å². The van der Waals surface area contributed by atoms with Gasteiger partial charge in [0.25, 0.3) is 0 Å². The van der Waals surface area contributed by atoms with Gasteiger partial charge in [0.05, 0.1) is 19.6 Å². The lowest BCUT2D eigenvalue weighted by Gasteiger charge is -2.30. The van der Waals surface area contributed by atoms with Crippen LogP contribution in [0.5, 0.6) is 0 Å². The predicted octanol–water partition coefficient (Wildman–Crippen LogP) is -0.801. The zero-order chi connectivity index (χ0) is 14.4. The van der Waals surface area contributed by atoms with Crippen LogP contribution in [0.4, 0.5) is 0 Å². The minimum atomic E-state index is -0.668. The molecule has 0 atom stereocenters. The van der Waals surface area contributed by atoms with Gasteiger partial charge in [0.15, 0.2) is 5.78 Å². The molecule has 0 saturated carbocycles. The highest BCUT2D eigenvalue weighted by molar-refractivity contribution is 6.35. The monoisotopic (exact) mass is 270 g/mol. The van der Waals surface area contributed by atoms with Crippen LogP contribution in [0.15, 0.2) is 0 Å². The molecule has 1 saturated heterocycles. The highest BCUT2D eigenvalue weighted by Crippen LogP contribution is 2.04. The molecule has 0 bridgehead atoms. The maximum Gasteiger partial charge on any atom is 0.312 e. The van der Waals surface area contributed by atoms with Crippen molar-refractivity contribution in [2.24, 2.45) is 0 Å². The maximum atomic E-state index is 11.6. The van der Waals surface area contributed by atoms with Crippen molar-refractivity contribution in [3.8, 4) is 0 Å². The molecule has 0 N–H and O–H groups in total. The van der Waals surface area contributed by atoms with Gasteiger partial charge in [0.1, 0.15) is 0 Å². The molecule has 1 aliphatic rings. The van der Waals surface area contributed by atoms with Gasteiger partial charge < -0.3 is 14.5 Å². The Morgan fingerprint density at radius 2 is 1.84 bits per heavy atom. The van der Waals surface area contributed by atoms with E-state index in [1.807, 2.05) is 0 Å². The SMILES string of the molecule is CCOC(=O)CCC(=O)CN1CCN(C)C(=O)C1=O. The van der Waals surface area contributed by atoms with E-state index in [4.69, 9.17) is 4.74 Å². The van der Waals surface area contributed by atoms with E-state index in [1.54, 1.807) is 14.0 Å². The Bertz CT molecular complexity index is 394. The normalized spacial score (nSPS) is 15.7. The van der Waals surface area contributed by atoms with Crippen molar-refractivity contribution < 1.29 is 23.9 Å². The van der Waals surface area contributed by atoms with Crippen LogP contribution in [0.3, 0.4) is 0 Å². The van der Waals surface area contributed by atoms with E-state index in [-0.39, 0.29) is 31.8 Å². The number of carbonyl (C=O) groups excluding carboxylic acids is 4. The first-order chi connectivity index (χ1) is 8.95. The molecular formula is C12H18N2O5. The molecule has 0 unspecified atom stereocenters. The molecule has 106 valence electrons. The molecule has 0 radical (unpaired) electrons. The van der Waals surface area contributed by atoms with E-state index in [1.165, 1.54) is 9.80 Å². The highest BCUT2D eigenvalue weighted by atomic mass is 16.5. The Morgan fingerprint density at radius 1 is 1.16 bits per heavy atom. The van der Waals surface area contributed by atoms with Gasteiger partial charge >= 0.3 is 17.8 Å². The van der Waals surface area contributed by atoms with Gasteiger partial charge in [-0.2, -0.15) is 0 Å². The van der Waals surface area contributed by atoms with E-state index >= 15 is 0 Å². The first-order valence-electron chi connectivity index (χ1n) is 6.17. The summed E-state index contributed by atoms with van der Waals surface area (Å²) in [4.78, 5) is 48.3. The van der Waals surface area contributed by atoms with Crippen molar-refractivity contribution in [3.63, 3.8) is 0 Å². The fourth-order valence-electron chi connectivity index (χ4n) is 1.69. The van der Waals surface area contributed by atoms with Gasteiger partial charge in [0, 0.05) is 26.6 Å². The van der Waals surface area contributed by atoms with Gasteiger partial charge in [-0.3, -0.25) is 19.2 Å². The Balaban J connectivity index is 2.38. The third-order valence-electron chi connectivity index (χ3n) is 2.80. The van der Waals surface area contributed by atoms with E-state index in [2.05, 4.69) is 0 Å². The van der Waals surface area contributed by atoms with Crippen LogP contribution in [0, 0.1) is 0 Å². The average molecular weight is 270 g/mol. The maximum absolute atomic E-state index is 11.6. The van der Waals surface area contributed by atoms with Gasteiger partial charge in [0.2, 0.25) is 0 Å². The average Bonchev–Trinajstić information content (AvgIpc) is 2.37. The second-order valence-corrected chi connectivity index (χ2v) is 4.30. The lowest BCUT2D eigenvalue weighted by Crippen LogP contribution is -2.54. The third kappa shape index (κ3) is 4.35. The number of Topliss-reactive ketones (excluding diaryl/α,β-unsaturated/α-hetero) is 1. The number of ketones is 1. The summed E-state index contributed by atoms with van der Waals surface area (Å²) in [5, 5.41) is 0. The summed E-state index contributed by atoms with van der Waals surface area (Å²) in [6.07, 6.45) is 0.0230. The van der Waals surface area contributed by atoms with Gasteiger partial charge in [-0.25, -0.2) is 0 Å². The van der Waals surface area contributed by atoms with Crippen molar-refractivity contribution in [2.75, 3.05) is 33.3 Å². The Labute approximate surface area is 111 Å². The van der Waals surface area contributed by atoms with Gasteiger partial charge in [-0.05, 0) is 6.92 Å². The summed E-state index contributed by atoms with van der Waals surface area (Å²) in [6.45, 7) is 2.59. The van der Waals surface area contributed by atoms with Crippen LogP contribution in [0.25, 0.3) is 0 Å². The van der Waals surface area contributed by atoms with E-state index in [9.17, 15) is 19.2 Å². The molecule has 0 aromatic rings. The number of amides is 2. The molecule has 1 aliphatic heterocycles. The number of rotatable bonds is 6. The molecular weight excluding hydrogens is 252 g/mol. The molecule has 19 heavy (non-hydrogen) atoms. The molecule has 7 nitrogen and oxygen atoms in total. The van der Waals surface area contributed by atoms with Gasteiger partial charge in [-0.15, -0.1) is 0 Å². The molecule has 0 aromatic carbocycles. The topological polar surface area (TPSA) is 84.0 Å². The smallest absolute Gasteiger partial charge is 0.312 e. The summed E-state index contributed by atoms with van der Waals surface area (Å²) in [5.74, 6) is -1.96. The minimum absolute atomic E-state index is 0.00253. The summed E-state index contributed by atoms with van der Waals surface area (Å²) < 4.78 is 4.70. The fourth-order valence-corrected chi connectivity index (χ4v) is 1.69. The Kier molecular flexibility index (Phi) is 5.47. The highest BCUT2D eigenvalue weighted by Gasteiger charge is 2.31. The molecule has 1 heterocycles. The van der Waals surface area contributed by atoms with Crippen molar-refractivity contribution in [2.45, 2.75) is 19.8 Å². The zero-order valence-corrected chi connectivity index (χ0v) is 11.2.